The average molecular weight is 339 g/mol. The summed E-state index contributed by atoms with van der Waals surface area (Å²) in [6.07, 6.45) is -4.82. The lowest BCUT2D eigenvalue weighted by atomic mass is 9.81. The zero-order chi connectivity index (χ0) is 18.4. The molecule has 0 radical (unpaired) electrons. The molecule has 11 heteroatoms. The number of carbonyl (C=O) groups excluding carboxylic acids is 2. The highest BCUT2D eigenvalue weighted by Crippen LogP contribution is 2.34. The Morgan fingerprint density at radius 1 is 1.43 bits per heavy atom. The van der Waals surface area contributed by atoms with Gasteiger partial charge in [0.15, 0.2) is 0 Å². The van der Waals surface area contributed by atoms with Gasteiger partial charge >= 0.3 is 18.1 Å². The fourth-order valence-electron chi connectivity index (χ4n) is 1.97. The van der Waals surface area contributed by atoms with E-state index in [1.807, 2.05) is 6.07 Å². The molecule has 130 valence electrons. The first-order valence-electron chi connectivity index (χ1n) is 6.19. The van der Waals surface area contributed by atoms with Crippen molar-refractivity contribution in [3.05, 3.63) is 0 Å². The molecule has 1 rings (SSSR count). The van der Waals surface area contributed by atoms with Gasteiger partial charge in [0.25, 0.3) is 0 Å². The number of hydrogen-bond acceptors (Lipinski definition) is 6. The minimum absolute atomic E-state index is 0.252. The summed E-state index contributed by atoms with van der Waals surface area (Å²) >= 11 is 0. The molecule has 1 fully saturated rings. The molecule has 1 aliphatic heterocycles. The Kier molecular flexibility index (Phi) is 6.98. The van der Waals surface area contributed by atoms with E-state index in [0.717, 1.165) is 0 Å². The number of halogens is 3. The van der Waals surface area contributed by atoms with Crippen molar-refractivity contribution in [3.63, 3.8) is 0 Å². The Labute approximate surface area is 129 Å². The maximum absolute atomic E-state index is 11.7. The first kappa shape index (κ1) is 20.6. The van der Waals surface area contributed by atoms with E-state index in [4.69, 9.17) is 15.2 Å². The number of esters is 1. The summed E-state index contributed by atoms with van der Waals surface area (Å²) in [6.45, 7) is 1.66. The number of ether oxygens (including phenoxy) is 1. The van der Waals surface area contributed by atoms with E-state index in [9.17, 15) is 22.8 Å². The van der Waals surface area contributed by atoms with Crippen LogP contribution in [0.15, 0.2) is 0 Å². The Morgan fingerprint density at radius 2 is 1.91 bits per heavy atom. The lowest BCUT2D eigenvalue weighted by Gasteiger charge is -2.23. The first-order chi connectivity index (χ1) is 10.4. The van der Waals surface area contributed by atoms with E-state index in [2.05, 4.69) is 15.4 Å². The van der Waals surface area contributed by atoms with Gasteiger partial charge in [-0.05, 0) is 13.3 Å². The van der Waals surface area contributed by atoms with Gasteiger partial charge in [-0.2, -0.15) is 18.4 Å². The fraction of sp³-hybridized carbons (Fsp3) is 0.667. The molecule has 0 aliphatic carbocycles. The summed E-state index contributed by atoms with van der Waals surface area (Å²) in [5, 5.41) is 21.4. The van der Waals surface area contributed by atoms with Crippen molar-refractivity contribution < 1.29 is 37.4 Å². The highest BCUT2D eigenvalue weighted by Gasteiger charge is 2.51. The number of methoxy groups -OCH3 is 1. The number of nitriles is 1. The minimum atomic E-state index is -5.08. The van der Waals surface area contributed by atoms with Crippen molar-refractivity contribution in [1.82, 2.24) is 10.6 Å². The summed E-state index contributed by atoms with van der Waals surface area (Å²) in [7, 11) is 2.79. The number of hydrogen-bond donors (Lipinski definition) is 3. The number of alkyl halides is 3. The number of amides is 1. The van der Waals surface area contributed by atoms with Gasteiger partial charge in [-0.1, -0.05) is 0 Å². The number of carboxylic acid groups (broad SMARTS) is 1. The number of carbonyl (C=O) groups is 3. The van der Waals surface area contributed by atoms with Crippen LogP contribution in [-0.2, 0) is 19.1 Å². The molecule has 3 N–H and O–H groups in total. The molecule has 0 spiro atoms. The summed E-state index contributed by atoms with van der Waals surface area (Å²) in [5.41, 5.74) is -0.900. The highest BCUT2D eigenvalue weighted by atomic mass is 19.4. The van der Waals surface area contributed by atoms with Crippen molar-refractivity contribution in [2.24, 2.45) is 5.41 Å². The second-order valence-corrected chi connectivity index (χ2v) is 4.81. The minimum Gasteiger partial charge on any atom is -0.475 e. The van der Waals surface area contributed by atoms with Crippen LogP contribution in [0.4, 0.5) is 13.2 Å². The second-order valence-electron chi connectivity index (χ2n) is 4.81. The summed E-state index contributed by atoms with van der Waals surface area (Å²) in [4.78, 5) is 32.0. The topological polar surface area (TPSA) is 129 Å². The molecule has 0 saturated carbocycles. The molecule has 0 bridgehead atoms. The van der Waals surface area contributed by atoms with Crippen LogP contribution >= 0.6 is 0 Å². The normalized spacial score (nSPS) is 26.3. The summed E-state index contributed by atoms with van der Waals surface area (Å²) in [6, 6.07) is 0.715. The van der Waals surface area contributed by atoms with E-state index in [0.29, 0.717) is 0 Å². The molecule has 0 aromatic carbocycles. The molecule has 1 heterocycles. The molecule has 3 atom stereocenters. The Bertz CT molecular complexity index is 517. The monoisotopic (exact) mass is 339 g/mol. The molecule has 0 aromatic heterocycles. The quantitative estimate of drug-likeness (QED) is 0.594. The number of rotatable bonds is 2. The van der Waals surface area contributed by atoms with Gasteiger partial charge in [0.1, 0.15) is 12.1 Å². The number of aliphatic carboxylic acids is 1. The zero-order valence-corrected chi connectivity index (χ0v) is 12.5. The SMILES string of the molecule is CNC(=O)[C@]1(C)C[C@@H](C(=O)OC)NC1C#N.O=C(O)C(F)(F)F. The van der Waals surface area contributed by atoms with E-state index in [1.54, 1.807) is 6.92 Å². The van der Waals surface area contributed by atoms with Gasteiger partial charge in [0, 0.05) is 7.05 Å². The van der Waals surface area contributed by atoms with Gasteiger partial charge in [0.05, 0.1) is 18.6 Å². The molecule has 1 aliphatic rings. The van der Waals surface area contributed by atoms with Crippen LogP contribution in [0, 0.1) is 16.7 Å². The summed E-state index contributed by atoms with van der Waals surface area (Å²) < 4.78 is 36.3. The number of nitrogens with one attached hydrogen (secondary N) is 2. The van der Waals surface area contributed by atoms with E-state index in [1.165, 1.54) is 14.2 Å². The molecule has 1 amide bonds. The Balaban J connectivity index is 0.000000585. The van der Waals surface area contributed by atoms with Crippen molar-refractivity contribution >= 4 is 17.8 Å². The van der Waals surface area contributed by atoms with E-state index in [-0.39, 0.29) is 12.3 Å². The largest absolute Gasteiger partial charge is 0.490 e. The van der Waals surface area contributed by atoms with Crippen LogP contribution in [0.25, 0.3) is 0 Å². The van der Waals surface area contributed by atoms with Gasteiger partial charge in [0.2, 0.25) is 5.91 Å². The van der Waals surface area contributed by atoms with Gasteiger partial charge in [-0.3, -0.25) is 14.9 Å². The predicted octanol–water partition coefficient (Wildman–Crippen LogP) is -0.201. The lowest BCUT2D eigenvalue weighted by molar-refractivity contribution is -0.192. The average Bonchev–Trinajstić information content (AvgIpc) is 2.83. The van der Waals surface area contributed by atoms with Crippen molar-refractivity contribution in [2.75, 3.05) is 14.2 Å². The Hall–Kier alpha value is -2.35. The van der Waals surface area contributed by atoms with Gasteiger partial charge < -0.3 is 15.2 Å². The van der Waals surface area contributed by atoms with Crippen LogP contribution in [0.5, 0.6) is 0 Å². The van der Waals surface area contributed by atoms with E-state index >= 15 is 0 Å². The lowest BCUT2D eigenvalue weighted by Crippen LogP contribution is -2.45. The maximum atomic E-state index is 11.7. The van der Waals surface area contributed by atoms with Crippen molar-refractivity contribution in [2.45, 2.75) is 31.6 Å². The predicted molar refractivity (Wildman–Crippen MR) is 68.8 cm³/mol. The number of nitrogens with zero attached hydrogens (tertiary/aromatic N) is 1. The molecule has 23 heavy (non-hydrogen) atoms. The van der Waals surface area contributed by atoms with Gasteiger partial charge in [-0.15, -0.1) is 0 Å². The third-order valence-corrected chi connectivity index (χ3v) is 3.24. The molecule has 1 unspecified atom stereocenters. The first-order valence-corrected chi connectivity index (χ1v) is 6.19. The maximum Gasteiger partial charge on any atom is 0.490 e. The van der Waals surface area contributed by atoms with Crippen molar-refractivity contribution in [3.8, 4) is 6.07 Å². The van der Waals surface area contributed by atoms with Crippen LogP contribution < -0.4 is 10.6 Å². The zero-order valence-electron chi connectivity index (χ0n) is 12.5. The molecule has 0 aromatic rings. The Morgan fingerprint density at radius 3 is 2.22 bits per heavy atom. The van der Waals surface area contributed by atoms with Crippen LogP contribution in [-0.4, -0.2) is 55.4 Å². The number of carboxylic acids is 1. The fourth-order valence-corrected chi connectivity index (χ4v) is 1.97. The summed E-state index contributed by atoms with van der Waals surface area (Å²) in [5.74, 6) is -3.46. The van der Waals surface area contributed by atoms with Crippen LogP contribution in [0.1, 0.15) is 13.3 Å². The van der Waals surface area contributed by atoms with Crippen LogP contribution in [0.3, 0.4) is 0 Å². The van der Waals surface area contributed by atoms with E-state index < -0.39 is 35.6 Å². The molecular weight excluding hydrogens is 323 g/mol. The molecular formula is C12H16F3N3O5. The standard InChI is InChI=1S/C10H15N3O3.C2HF3O2/c1-10(9(15)12-2)4-6(8(14)16-3)13-7(10)5-11;3-2(4,5)1(6)7/h6-7,13H,4H2,1-3H3,(H,12,15);(H,6,7)/t6-,7?,10+;/m0./s1. The third kappa shape index (κ3) is 5.10. The smallest absolute Gasteiger partial charge is 0.475 e. The van der Waals surface area contributed by atoms with Gasteiger partial charge in [-0.25, -0.2) is 4.79 Å². The molecule has 8 nitrogen and oxygen atoms in total. The third-order valence-electron chi connectivity index (χ3n) is 3.24. The molecule has 1 saturated heterocycles. The van der Waals surface area contributed by atoms with Crippen LogP contribution in [0.2, 0.25) is 0 Å². The highest BCUT2D eigenvalue weighted by molar-refractivity contribution is 5.86. The van der Waals surface area contributed by atoms with Crippen molar-refractivity contribution in [1.29, 1.82) is 5.26 Å². The second kappa shape index (κ2) is 7.77.